The molecule has 116 valence electrons. The number of nitrogens with one attached hydrogen (secondary N) is 1. The molecule has 0 aliphatic carbocycles. The molecule has 1 aliphatic heterocycles. The second-order valence-corrected chi connectivity index (χ2v) is 6.04. The van der Waals surface area contributed by atoms with E-state index in [0.29, 0.717) is 16.6 Å². The number of halogens is 1. The fraction of sp³-hybridized carbons (Fsp3) is 0.375. The normalized spacial score (nSPS) is 16.6. The summed E-state index contributed by atoms with van der Waals surface area (Å²) < 4.78 is 1.92. The predicted molar refractivity (Wildman–Crippen MR) is 87.4 cm³/mol. The summed E-state index contributed by atoms with van der Waals surface area (Å²) in [5.74, 6) is 0.514. The third-order valence-electron chi connectivity index (χ3n) is 4.06. The van der Waals surface area contributed by atoms with Gasteiger partial charge in [0.1, 0.15) is 5.82 Å². The van der Waals surface area contributed by atoms with Crippen LogP contribution in [0.15, 0.2) is 36.5 Å². The van der Waals surface area contributed by atoms with Crippen LogP contribution in [0.3, 0.4) is 0 Å². The molecule has 0 radical (unpaired) electrons. The summed E-state index contributed by atoms with van der Waals surface area (Å²) in [4.78, 5) is 14.7. The Hall–Kier alpha value is -1.85. The van der Waals surface area contributed by atoms with Crippen LogP contribution in [-0.2, 0) is 0 Å². The standard InChI is InChI=1S/C16H19ClN4O/c1-20-10-7-12(8-11-20)21-15(6-9-18-21)19-16(22)13-4-2-3-5-14(13)17/h2-6,9,12H,7-8,10-11H2,1H3,(H,19,22). The third kappa shape index (κ3) is 3.15. The SMILES string of the molecule is CN1CCC(n2nccc2NC(=O)c2ccccc2Cl)CC1. The Labute approximate surface area is 134 Å². The zero-order valence-electron chi connectivity index (χ0n) is 12.5. The molecule has 1 aliphatic rings. The first-order chi connectivity index (χ1) is 10.6. The molecule has 1 fully saturated rings. The maximum Gasteiger partial charge on any atom is 0.258 e. The molecule has 22 heavy (non-hydrogen) atoms. The van der Waals surface area contributed by atoms with Gasteiger partial charge in [-0.2, -0.15) is 5.10 Å². The molecule has 1 aromatic heterocycles. The van der Waals surface area contributed by atoms with Crippen molar-refractivity contribution in [3.8, 4) is 0 Å². The lowest BCUT2D eigenvalue weighted by Crippen LogP contribution is -2.32. The van der Waals surface area contributed by atoms with Crippen LogP contribution in [0.25, 0.3) is 0 Å². The van der Waals surface area contributed by atoms with E-state index in [4.69, 9.17) is 11.6 Å². The Bertz CT molecular complexity index is 662. The van der Waals surface area contributed by atoms with Crippen LogP contribution in [0.4, 0.5) is 5.82 Å². The minimum Gasteiger partial charge on any atom is -0.307 e. The molecule has 0 spiro atoms. The lowest BCUT2D eigenvalue weighted by atomic mass is 10.1. The first-order valence-electron chi connectivity index (χ1n) is 7.43. The Morgan fingerprint density at radius 1 is 1.27 bits per heavy atom. The van der Waals surface area contributed by atoms with Crippen molar-refractivity contribution < 1.29 is 4.79 Å². The van der Waals surface area contributed by atoms with Crippen LogP contribution in [0.5, 0.6) is 0 Å². The second kappa shape index (κ2) is 6.50. The predicted octanol–water partition coefficient (Wildman–Crippen LogP) is 3.06. The molecule has 6 heteroatoms. The van der Waals surface area contributed by atoms with E-state index in [2.05, 4.69) is 22.4 Å². The van der Waals surface area contributed by atoms with Gasteiger partial charge in [-0.05, 0) is 45.1 Å². The molecule has 3 rings (SSSR count). The zero-order chi connectivity index (χ0) is 15.5. The quantitative estimate of drug-likeness (QED) is 0.946. The summed E-state index contributed by atoms with van der Waals surface area (Å²) in [5, 5.41) is 7.75. The van der Waals surface area contributed by atoms with E-state index in [1.165, 1.54) is 0 Å². The van der Waals surface area contributed by atoms with E-state index in [1.54, 1.807) is 24.4 Å². The summed E-state index contributed by atoms with van der Waals surface area (Å²) in [5.41, 5.74) is 0.472. The maximum absolute atomic E-state index is 12.4. The topological polar surface area (TPSA) is 50.2 Å². The second-order valence-electron chi connectivity index (χ2n) is 5.63. The number of hydrogen-bond donors (Lipinski definition) is 1. The van der Waals surface area contributed by atoms with Gasteiger partial charge in [0, 0.05) is 6.07 Å². The highest BCUT2D eigenvalue weighted by Crippen LogP contribution is 2.25. The summed E-state index contributed by atoms with van der Waals surface area (Å²) in [6.45, 7) is 2.09. The van der Waals surface area contributed by atoms with Crippen molar-refractivity contribution >= 4 is 23.3 Å². The van der Waals surface area contributed by atoms with Crippen molar-refractivity contribution in [3.05, 3.63) is 47.1 Å². The minimum absolute atomic E-state index is 0.208. The number of likely N-dealkylation sites (tertiary alicyclic amines) is 1. The van der Waals surface area contributed by atoms with Crippen molar-refractivity contribution in [1.82, 2.24) is 14.7 Å². The summed E-state index contributed by atoms with van der Waals surface area (Å²) in [6, 6.07) is 9.19. The smallest absolute Gasteiger partial charge is 0.258 e. The van der Waals surface area contributed by atoms with Crippen LogP contribution < -0.4 is 5.32 Å². The Morgan fingerprint density at radius 2 is 2.00 bits per heavy atom. The summed E-state index contributed by atoms with van der Waals surface area (Å²) in [6.07, 6.45) is 3.79. The van der Waals surface area contributed by atoms with Crippen LogP contribution in [0.2, 0.25) is 5.02 Å². The minimum atomic E-state index is -0.208. The van der Waals surface area contributed by atoms with E-state index in [0.717, 1.165) is 31.7 Å². The van der Waals surface area contributed by atoms with Gasteiger partial charge in [-0.3, -0.25) is 4.79 Å². The molecule has 0 saturated carbocycles. The number of carbonyl (C=O) groups is 1. The van der Waals surface area contributed by atoms with Gasteiger partial charge in [0.25, 0.3) is 5.91 Å². The molecule has 1 saturated heterocycles. The van der Waals surface area contributed by atoms with Crippen LogP contribution in [0.1, 0.15) is 29.2 Å². The summed E-state index contributed by atoms with van der Waals surface area (Å²) in [7, 11) is 2.12. The van der Waals surface area contributed by atoms with Crippen molar-refractivity contribution in [2.75, 3.05) is 25.5 Å². The van der Waals surface area contributed by atoms with Crippen LogP contribution in [0, 0.1) is 0 Å². The lowest BCUT2D eigenvalue weighted by molar-refractivity contribution is 0.102. The number of piperidine rings is 1. The number of hydrogen-bond acceptors (Lipinski definition) is 3. The highest BCUT2D eigenvalue weighted by Gasteiger charge is 2.21. The molecular weight excluding hydrogens is 300 g/mol. The van der Waals surface area contributed by atoms with Gasteiger partial charge < -0.3 is 10.2 Å². The van der Waals surface area contributed by atoms with Crippen molar-refractivity contribution in [1.29, 1.82) is 0 Å². The Balaban J connectivity index is 1.75. The molecular formula is C16H19ClN4O. The van der Waals surface area contributed by atoms with Crippen molar-refractivity contribution in [2.45, 2.75) is 18.9 Å². The van der Waals surface area contributed by atoms with Gasteiger partial charge >= 0.3 is 0 Å². The average molecular weight is 319 g/mol. The monoisotopic (exact) mass is 318 g/mol. The van der Waals surface area contributed by atoms with E-state index in [9.17, 15) is 4.79 Å². The van der Waals surface area contributed by atoms with Crippen LogP contribution in [-0.4, -0.2) is 40.7 Å². The van der Waals surface area contributed by atoms with Gasteiger partial charge in [0.2, 0.25) is 0 Å². The molecule has 2 heterocycles. The van der Waals surface area contributed by atoms with E-state index < -0.39 is 0 Å². The largest absolute Gasteiger partial charge is 0.307 e. The Morgan fingerprint density at radius 3 is 2.73 bits per heavy atom. The molecule has 0 unspecified atom stereocenters. The third-order valence-corrected chi connectivity index (χ3v) is 4.39. The first kappa shape index (κ1) is 15.1. The average Bonchev–Trinajstić information content (AvgIpc) is 2.96. The van der Waals surface area contributed by atoms with Gasteiger partial charge in [0.05, 0.1) is 22.8 Å². The molecule has 1 amide bonds. The molecule has 1 N–H and O–H groups in total. The highest BCUT2D eigenvalue weighted by molar-refractivity contribution is 6.34. The van der Waals surface area contributed by atoms with E-state index >= 15 is 0 Å². The van der Waals surface area contributed by atoms with Crippen LogP contribution >= 0.6 is 11.6 Å². The van der Waals surface area contributed by atoms with Gasteiger partial charge in [-0.1, -0.05) is 23.7 Å². The van der Waals surface area contributed by atoms with Gasteiger partial charge in [0.15, 0.2) is 0 Å². The lowest BCUT2D eigenvalue weighted by Gasteiger charge is -2.30. The maximum atomic E-state index is 12.4. The number of aromatic nitrogens is 2. The van der Waals surface area contributed by atoms with E-state index in [1.807, 2.05) is 16.8 Å². The Kier molecular flexibility index (Phi) is 4.45. The number of rotatable bonds is 3. The van der Waals surface area contributed by atoms with E-state index in [-0.39, 0.29) is 5.91 Å². The number of nitrogens with zero attached hydrogens (tertiary/aromatic N) is 3. The number of benzene rings is 1. The zero-order valence-corrected chi connectivity index (χ0v) is 13.3. The molecule has 5 nitrogen and oxygen atoms in total. The van der Waals surface area contributed by atoms with Gasteiger partial charge in [-0.25, -0.2) is 4.68 Å². The van der Waals surface area contributed by atoms with Crippen molar-refractivity contribution in [2.24, 2.45) is 0 Å². The fourth-order valence-electron chi connectivity index (χ4n) is 2.77. The number of amides is 1. The molecule has 0 bridgehead atoms. The highest BCUT2D eigenvalue weighted by atomic mass is 35.5. The fourth-order valence-corrected chi connectivity index (χ4v) is 2.99. The number of carbonyl (C=O) groups excluding carboxylic acids is 1. The molecule has 0 atom stereocenters. The molecule has 2 aromatic rings. The first-order valence-corrected chi connectivity index (χ1v) is 7.81. The molecule has 1 aromatic carbocycles. The number of anilines is 1. The van der Waals surface area contributed by atoms with Gasteiger partial charge in [-0.15, -0.1) is 0 Å². The summed E-state index contributed by atoms with van der Waals surface area (Å²) >= 11 is 6.08. The van der Waals surface area contributed by atoms with Crippen molar-refractivity contribution in [3.63, 3.8) is 0 Å².